The third-order valence-corrected chi connectivity index (χ3v) is 4.97. The van der Waals surface area contributed by atoms with Crippen LogP contribution in [0.1, 0.15) is 41.0 Å². The molecule has 0 fully saturated rings. The number of nitrogens with one attached hydrogen (secondary N) is 2. The Morgan fingerprint density at radius 2 is 1.51 bits per heavy atom. The highest BCUT2D eigenvalue weighted by molar-refractivity contribution is 5.87. The van der Waals surface area contributed by atoms with Crippen LogP contribution in [-0.4, -0.2) is 60.4 Å². The third-order valence-electron chi connectivity index (χ3n) is 4.97. The number of likely N-dealkylation sites (N-methyl/N-ethyl adjacent to an activating group) is 1. The summed E-state index contributed by atoms with van der Waals surface area (Å²) in [6, 6.07) is 12.7. The first-order valence-corrected chi connectivity index (χ1v) is 11.6. The number of carboxylic acid groups (broad SMARTS) is 2. The highest BCUT2D eigenvalue weighted by atomic mass is 16.5. The molecule has 35 heavy (non-hydrogen) atoms. The molecule has 3 unspecified atom stereocenters. The van der Waals surface area contributed by atoms with Crippen LogP contribution in [0.25, 0.3) is 10.8 Å². The van der Waals surface area contributed by atoms with Gasteiger partial charge in [-0.2, -0.15) is 0 Å². The second kappa shape index (κ2) is 16.5. The second-order valence-electron chi connectivity index (χ2n) is 8.87. The van der Waals surface area contributed by atoms with Crippen molar-refractivity contribution < 1.29 is 29.3 Å². The van der Waals surface area contributed by atoms with Crippen molar-refractivity contribution in [3.8, 4) is 0 Å². The van der Waals surface area contributed by atoms with Crippen LogP contribution in [0.15, 0.2) is 42.5 Å². The zero-order valence-electron chi connectivity index (χ0n) is 21.7. The Balaban J connectivity index is 0.000000549. The number of benzene rings is 2. The molecule has 2 rings (SSSR count). The normalized spacial score (nSPS) is 13.0. The number of aliphatic carboxylic acids is 2. The van der Waals surface area contributed by atoms with Gasteiger partial charge in [-0.1, -0.05) is 58.0 Å². The number of hydrogen-bond donors (Lipinski definition) is 5. The van der Waals surface area contributed by atoms with Crippen LogP contribution < -0.4 is 16.4 Å². The van der Waals surface area contributed by atoms with E-state index in [-0.39, 0.29) is 17.9 Å². The molecule has 0 spiro atoms. The van der Waals surface area contributed by atoms with Gasteiger partial charge in [-0.05, 0) is 55.1 Å². The van der Waals surface area contributed by atoms with Crippen LogP contribution in [0, 0.1) is 11.8 Å². The smallest absolute Gasteiger partial charge is 0.327 e. The molecule has 196 valence electrons. The largest absolute Gasteiger partial charge is 0.480 e. The van der Waals surface area contributed by atoms with E-state index >= 15 is 0 Å². The number of nitrogens with two attached hydrogens (primary N) is 1. The lowest BCUT2D eigenvalue weighted by Crippen LogP contribution is -2.38. The topological polar surface area (TPSA) is 151 Å². The first-order chi connectivity index (χ1) is 16.3. The Labute approximate surface area is 208 Å². The molecule has 0 saturated carbocycles. The summed E-state index contributed by atoms with van der Waals surface area (Å²) in [5.41, 5.74) is 6.14. The molecule has 0 saturated heterocycles. The summed E-state index contributed by atoms with van der Waals surface area (Å²) in [6.45, 7) is 9.41. The summed E-state index contributed by atoms with van der Waals surface area (Å²) in [5.74, 6) is -1.46. The maximum Gasteiger partial charge on any atom is 0.327 e. The first kappa shape index (κ1) is 31.8. The zero-order valence-corrected chi connectivity index (χ0v) is 21.7. The molecule has 2 aromatic carbocycles. The number of esters is 1. The van der Waals surface area contributed by atoms with E-state index in [0.29, 0.717) is 12.3 Å². The van der Waals surface area contributed by atoms with Crippen molar-refractivity contribution in [3.63, 3.8) is 0 Å². The number of fused-ring (bicyclic) bond motifs is 1. The number of carbonyl (C=O) groups is 3. The Morgan fingerprint density at radius 1 is 0.943 bits per heavy atom. The molecule has 9 nitrogen and oxygen atoms in total. The minimum atomic E-state index is -0.913. The lowest BCUT2D eigenvalue weighted by molar-refractivity contribution is -0.141. The number of carbonyl (C=O) groups excluding carboxylic acids is 1. The Kier molecular flexibility index (Phi) is 15.0. The fourth-order valence-electron chi connectivity index (χ4n) is 3.12. The number of rotatable bonds is 9. The fraction of sp³-hybridized carbons (Fsp3) is 0.500. The van der Waals surface area contributed by atoms with Crippen molar-refractivity contribution in [1.82, 2.24) is 5.32 Å². The molecule has 3 atom stereocenters. The summed E-state index contributed by atoms with van der Waals surface area (Å²) in [7, 11) is 3.04. The minimum Gasteiger partial charge on any atom is -0.480 e. The van der Waals surface area contributed by atoms with Crippen LogP contribution >= 0.6 is 0 Å². The number of hydrogen-bond acceptors (Lipinski definition) is 7. The van der Waals surface area contributed by atoms with Gasteiger partial charge in [-0.15, -0.1) is 0 Å². The average Bonchev–Trinajstić information content (AvgIpc) is 2.78. The molecule has 0 aliphatic heterocycles. The number of methoxy groups -OCH3 is 1. The predicted octanol–water partition coefficient (Wildman–Crippen LogP) is 3.57. The van der Waals surface area contributed by atoms with Gasteiger partial charge in [-0.25, -0.2) is 4.79 Å². The molecular weight excluding hydrogens is 450 g/mol. The molecule has 0 heterocycles. The van der Waals surface area contributed by atoms with E-state index < -0.39 is 24.0 Å². The quantitative estimate of drug-likeness (QED) is 0.332. The maximum atomic E-state index is 11.3. The van der Waals surface area contributed by atoms with Gasteiger partial charge >= 0.3 is 17.9 Å². The van der Waals surface area contributed by atoms with Gasteiger partial charge in [0, 0.05) is 5.69 Å². The van der Waals surface area contributed by atoms with Crippen molar-refractivity contribution in [2.45, 2.75) is 59.2 Å². The number of anilines is 1. The van der Waals surface area contributed by atoms with Gasteiger partial charge in [0.05, 0.1) is 7.11 Å². The summed E-state index contributed by atoms with van der Waals surface area (Å²) in [4.78, 5) is 31.7. The molecule has 6 N–H and O–H groups in total. The first-order valence-electron chi connectivity index (χ1n) is 11.6. The van der Waals surface area contributed by atoms with E-state index in [1.54, 1.807) is 14.0 Å². The lowest BCUT2D eigenvalue weighted by Gasteiger charge is -2.13. The van der Waals surface area contributed by atoms with E-state index in [4.69, 9.17) is 15.9 Å². The van der Waals surface area contributed by atoms with E-state index in [9.17, 15) is 14.4 Å². The number of carboxylic acids is 2. The van der Waals surface area contributed by atoms with Crippen molar-refractivity contribution in [3.05, 3.63) is 42.5 Å². The SMILES string of the molecule is CC(C)CC(N)C(=O)O.CNC(C(=O)O)C(C)C.COC(=O)C(C)Nc1ccc2ccccc2c1. The van der Waals surface area contributed by atoms with Crippen LogP contribution in [0.4, 0.5) is 5.69 Å². The fourth-order valence-corrected chi connectivity index (χ4v) is 3.12. The van der Waals surface area contributed by atoms with Crippen LogP contribution in [0.5, 0.6) is 0 Å². The van der Waals surface area contributed by atoms with Gasteiger partial charge in [0.25, 0.3) is 0 Å². The Morgan fingerprint density at radius 3 is 1.89 bits per heavy atom. The van der Waals surface area contributed by atoms with Crippen molar-refractivity contribution in [2.75, 3.05) is 19.5 Å². The van der Waals surface area contributed by atoms with Gasteiger partial charge < -0.3 is 31.3 Å². The van der Waals surface area contributed by atoms with Gasteiger partial charge in [0.1, 0.15) is 18.1 Å². The molecular formula is C26H41N3O6. The van der Waals surface area contributed by atoms with Crippen molar-refractivity contribution in [1.29, 1.82) is 0 Å². The monoisotopic (exact) mass is 491 g/mol. The van der Waals surface area contributed by atoms with Gasteiger partial charge in [-0.3, -0.25) is 9.59 Å². The Hall–Kier alpha value is -3.17. The highest BCUT2D eigenvalue weighted by Crippen LogP contribution is 2.19. The van der Waals surface area contributed by atoms with Crippen LogP contribution in [-0.2, 0) is 19.1 Å². The molecule has 0 aliphatic rings. The summed E-state index contributed by atoms with van der Waals surface area (Å²) < 4.78 is 4.67. The number of ether oxygens (including phenoxy) is 1. The third kappa shape index (κ3) is 12.8. The molecule has 0 aliphatic carbocycles. The summed E-state index contributed by atoms with van der Waals surface area (Å²) >= 11 is 0. The molecule has 0 amide bonds. The second-order valence-corrected chi connectivity index (χ2v) is 8.87. The predicted molar refractivity (Wildman–Crippen MR) is 139 cm³/mol. The minimum absolute atomic E-state index is 0.146. The Bertz CT molecular complexity index is 932. The molecule has 2 aromatic rings. The van der Waals surface area contributed by atoms with Crippen molar-refractivity contribution in [2.24, 2.45) is 17.6 Å². The van der Waals surface area contributed by atoms with E-state index in [2.05, 4.69) is 21.4 Å². The van der Waals surface area contributed by atoms with Crippen LogP contribution in [0.3, 0.4) is 0 Å². The van der Waals surface area contributed by atoms with E-state index in [1.807, 2.05) is 64.1 Å². The molecule has 0 radical (unpaired) electrons. The molecule has 0 aromatic heterocycles. The standard InChI is InChI=1S/C14H15NO2.2C6H13NO2/c1-10(14(16)17-2)15-13-8-7-11-5-3-4-6-12(11)9-13;1-4(2)5(7-3)6(8)9;1-4(2)3-5(7)6(8)9/h3-10,15H,1-2H3;4-5,7H,1-3H3,(H,8,9);4-5H,3,7H2,1-2H3,(H,8,9). The van der Waals surface area contributed by atoms with Crippen LogP contribution in [0.2, 0.25) is 0 Å². The lowest BCUT2D eigenvalue weighted by atomic mass is 10.1. The van der Waals surface area contributed by atoms with Crippen molar-refractivity contribution >= 4 is 34.4 Å². The highest BCUT2D eigenvalue weighted by Gasteiger charge is 2.17. The summed E-state index contributed by atoms with van der Waals surface area (Å²) in [5, 5.41) is 24.9. The summed E-state index contributed by atoms with van der Waals surface area (Å²) in [6.07, 6.45) is 0.551. The zero-order chi connectivity index (χ0) is 27.1. The van der Waals surface area contributed by atoms with E-state index in [0.717, 1.165) is 11.1 Å². The molecule has 9 heteroatoms. The van der Waals surface area contributed by atoms with E-state index in [1.165, 1.54) is 12.5 Å². The van der Waals surface area contributed by atoms with Gasteiger partial charge in [0.15, 0.2) is 0 Å². The molecule has 0 bridgehead atoms. The average molecular weight is 492 g/mol. The van der Waals surface area contributed by atoms with Gasteiger partial charge in [0.2, 0.25) is 0 Å². The maximum absolute atomic E-state index is 11.3.